The molecule has 1 fully saturated rings. The Morgan fingerprint density at radius 1 is 1.27 bits per heavy atom. The van der Waals surface area contributed by atoms with Gasteiger partial charge in [-0.1, -0.05) is 0 Å². The molecule has 10 heteroatoms. The molecule has 0 atom stereocenters. The molecule has 2 aromatic rings. The summed E-state index contributed by atoms with van der Waals surface area (Å²) in [6, 6.07) is 5.29. The highest BCUT2D eigenvalue weighted by atomic mass is 32.2. The molecule has 1 aromatic heterocycles. The van der Waals surface area contributed by atoms with Gasteiger partial charge in [0, 0.05) is 35.5 Å². The van der Waals surface area contributed by atoms with Gasteiger partial charge >= 0.3 is 5.51 Å². The van der Waals surface area contributed by atoms with Crippen molar-refractivity contribution in [3.8, 4) is 0 Å². The molecule has 3 rings (SSSR count). The second-order valence-corrected chi connectivity index (χ2v) is 7.56. The van der Waals surface area contributed by atoms with Crippen LogP contribution in [0, 0.1) is 0 Å². The van der Waals surface area contributed by atoms with Crippen molar-refractivity contribution in [3.05, 3.63) is 40.9 Å². The maximum atomic E-state index is 12.3. The van der Waals surface area contributed by atoms with Gasteiger partial charge in [-0.2, -0.15) is 13.2 Å². The Labute approximate surface area is 156 Å². The molecule has 0 unspecified atom stereocenters. The first-order valence-electron chi connectivity index (χ1n) is 7.81. The fourth-order valence-electron chi connectivity index (χ4n) is 2.40. The Bertz CT molecular complexity index is 744. The molecule has 140 valence electrons. The quantitative estimate of drug-likeness (QED) is 0.769. The first-order valence-corrected chi connectivity index (χ1v) is 9.50. The number of nitrogens with one attached hydrogen (secondary N) is 1. The van der Waals surface area contributed by atoms with E-state index in [2.05, 4.69) is 15.2 Å². The topological polar surface area (TPSA) is 54.5 Å². The number of carbonyl (C=O) groups is 1. The van der Waals surface area contributed by atoms with Crippen molar-refractivity contribution in [2.24, 2.45) is 0 Å². The summed E-state index contributed by atoms with van der Waals surface area (Å²) in [7, 11) is 0. The molecule has 26 heavy (non-hydrogen) atoms. The first-order chi connectivity index (χ1) is 12.4. The largest absolute Gasteiger partial charge is 0.446 e. The number of hydrogen-bond donors (Lipinski definition) is 1. The number of morpholine rings is 1. The average molecular weight is 403 g/mol. The number of benzene rings is 1. The highest BCUT2D eigenvalue weighted by molar-refractivity contribution is 8.00. The van der Waals surface area contributed by atoms with Crippen molar-refractivity contribution in [1.29, 1.82) is 0 Å². The molecule has 1 aliphatic rings. The Morgan fingerprint density at radius 3 is 2.62 bits per heavy atom. The minimum absolute atomic E-state index is 0.0381. The molecule has 2 heterocycles. The molecular weight excluding hydrogens is 387 g/mol. The van der Waals surface area contributed by atoms with Gasteiger partial charge in [-0.25, -0.2) is 4.98 Å². The fraction of sp³-hybridized carbons (Fsp3) is 0.375. The molecule has 1 amide bonds. The SMILES string of the molecule is O=C(Nc1nc(CN2CCOCC2)cs1)c1ccc(SC(F)(F)F)cc1. The molecule has 5 nitrogen and oxygen atoms in total. The lowest BCUT2D eigenvalue weighted by molar-refractivity contribution is -0.0328. The Kier molecular flexibility index (Phi) is 6.17. The van der Waals surface area contributed by atoms with Gasteiger partial charge in [0.05, 0.1) is 18.9 Å². The third-order valence-electron chi connectivity index (χ3n) is 3.61. The first kappa shape index (κ1) is 19.2. The zero-order chi connectivity index (χ0) is 18.6. The van der Waals surface area contributed by atoms with Gasteiger partial charge in [-0.05, 0) is 36.0 Å². The highest BCUT2D eigenvalue weighted by Gasteiger charge is 2.29. The molecule has 1 aromatic carbocycles. The molecule has 0 saturated carbocycles. The summed E-state index contributed by atoms with van der Waals surface area (Å²) in [6.45, 7) is 3.80. The van der Waals surface area contributed by atoms with Crippen LogP contribution in [0.5, 0.6) is 0 Å². The van der Waals surface area contributed by atoms with Gasteiger partial charge in [0.15, 0.2) is 5.13 Å². The van der Waals surface area contributed by atoms with E-state index in [-0.39, 0.29) is 22.2 Å². The zero-order valence-electron chi connectivity index (χ0n) is 13.6. The van der Waals surface area contributed by atoms with Crippen LogP contribution in [0.1, 0.15) is 16.1 Å². The smallest absolute Gasteiger partial charge is 0.379 e. The van der Waals surface area contributed by atoms with Crippen molar-refractivity contribution in [1.82, 2.24) is 9.88 Å². The van der Waals surface area contributed by atoms with Crippen LogP contribution in [-0.2, 0) is 11.3 Å². The van der Waals surface area contributed by atoms with E-state index in [4.69, 9.17) is 4.74 Å². The molecule has 0 spiro atoms. The van der Waals surface area contributed by atoms with Crippen molar-refractivity contribution in [2.45, 2.75) is 16.9 Å². The van der Waals surface area contributed by atoms with E-state index in [1.807, 2.05) is 5.38 Å². The Morgan fingerprint density at radius 2 is 1.96 bits per heavy atom. The van der Waals surface area contributed by atoms with E-state index in [0.29, 0.717) is 24.9 Å². The predicted molar refractivity (Wildman–Crippen MR) is 94.5 cm³/mol. The van der Waals surface area contributed by atoms with Gasteiger partial charge in [-0.3, -0.25) is 15.0 Å². The number of carbonyl (C=O) groups excluding carboxylic acids is 1. The molecular formula is C16H16F3N3O2S2. The maximum absolute atomic E-state index is 12.3. The number of nitrogens with zero attached hydrogens (tertiary/aromatic N) is 2. The van der Waals surface area contributed by atoms with E-state index >= 15 is 0 Å². The molecule has 1 N–H and O–H groups in total. The summed E-state index contributed by atoms with van der Waals surface area (Å²) >= 11 is 1.11. The number of thiazole rings is 1. The van der Waals surface area contributed by atoms with Crippen LogP contribution in [0.15, 0.2) is 34.5 Å². The molecule has 0 aliphatic carbocycles. The van der Waals surface area contributed by atoms with Crippen LogP contribution in [-0.4, -0.2) is 47.6 Å². The zero-order valence-corrected chi connectivity index (χ0v) is 15.2. The lowest BCUT2D eigenvalue weighted by atomic mass is 10.2. The normalized spacial score (nSPS) is 15.8. The van der Waals surface area contributed by atoms with E-state index in [1.165, 1.54) is 35.6 Å². The lowest BCUT2D eigenvalue weighted by Gasteiger charge is -2.25. The third kappa shape index (κ3) is 5.70. The molecule has 1 aliphatic heterocycles. The van der Waals surface area contributed by atoms with E-state index < -0.39 is 11.4 Å². The van der Waals surface area contributed by atoms with Gasteiger partial charge in [0.25, 0.3) is 5.91 Å². The van der Waals surface area contributed by atoms with Gasteiger partial charge < -0.3 is 4.74 Å². The van der Waals surface area contributed by atoms with Crippen LogP contribution >= 0.6 is 23.1 Å². The minimum Gasteiger partial charge on any atom is -0.379 e. The minimum atomic E-state index is -4.35. The summed E-state index contributed by atoms with van der Waals surface area (Å²) in [5.41, 5.74) is -3.20. The van der Waals surface area contributed by atoms with Crippen LogP contribution in [0.4, 0.5) is 18.3 Å². The second-order valence-electron chi connectivity index (χ2n) is 5.56. The Hall–Kier alpha value is -1.62. The van der Waals surface area contributed by atoms with E-state index in [9.17, 15) is 18.0 Å². The van der Waals surface area contributed by atoms with Crippen molar-refractivity contribution in [2.75, 3.05) is 31.6 Å². The van der Waals surface area contributed by atoms with Gasteiger partial charge in [0.2, 0.25) is 0 Å². The predicted octanol–water partition coefficient (Wildman–Crippen LogP) is 3.84. The summed E-state index contributed by atoms with van der Waals surface area (Å²) in [6.07, 6.45) is 0. The van der Waals surface area contributed by atoms with Gasteiger partial charge in [-0.15, -0.1) is 11.3 Å². The number of amides is 1. The van der Waals surface area contributed by atoms with E-state index in [1.54, 1.807) is 0 Å². The van der Waals surface area contributed by atoms with Crippen LogP contribution in [0.25, 0.3) is 0 Å². The number of halogens is 3. The van der Waals surface area contributed by atoms with Crippen molar-refractivity contribution >= 4 is 34.1 Å². The number of aromatic nitrogens is 1. The van der Waals surface area contributed by atoms with E-state index in [0.717, 1.165) is 18.8 Å². The van der Waals surface area contributed by atoms with Crippen molar-refractivity contribution in [3.63, 3.8) is 0 Å². The average Bonchev–Trinajstić information content (AvgIpc) is 3.02. The molecule has 0 bridgehead atoms. The summed E-state index contributed by atoms with van der Waals surface area (Å²) in [5.74, 6) is -0.402. The standard InChI is InChI=1S/C16H16F3N3O2S2/c17-16(18,19)26-13-3-1-11(2-4-13)14(23)21-15-20-12(10-25-15)9-22-5-7-24-8-6-22/h1-4,10H,5-9H2,(H,20,21,23). The number of ether oxygens (including phenoxy) is 1. The lowest BCUT2D eigenvalue weighted by Crippen LogP contribution is -2.35. The third-order valence-corrected chi connectivity index (χ3v) is 5.16. The summed E-state index contributed by atoms with van der Waals surface area (Å²) in [5, 5.41) is 5.03. The maximum Gasteiger partial charge on any atom is 0.446 e. The number of alkyl halides is 3. The van der Waals surface area contributed by atoms with Crippen LogP contribution in [0.3, 0.4) is 0 Å². The number of hydrogen-bond acceptors (Lipinski definition) is 6. The number of rotatable bonds is 5. The van der Waals surface area contributed by atoms with Crippen LogP contribution < -0.4 is 5.32 Å². The fourth-order valence-corrected chi connectivity index (χ4v) is 3.64. The Balaban J connectivity index is 1.56. The monoisotopic (exact) mass is 403 g/mol. The molecule has 0 radical (unpaired) electrons. The summed E-state index contributed by atoms with van der Waals surface area (Å²) in [4.78, 5) is 18.9. The highest BCUT2D eigenvalue weighted by Crippen LogP contribution is 2.36. The van der Waals surface area contributed by atoms with Crippen LogP contribution in [0.2, 0.25) is 0 Å². The molecule has 1 saturated heterocycles. The van der Waals surface area contributed by atoms with Crippen molar-refractivity contribution < 1.29 is 22.7 Å². The number of thioether (sulfide) groups is 1. The second kappa shape index (κ2) is 8.38. The number of anilines is 1. The summed E-state index contributed by atoms with van der Waals surface area (Å²) < 4.78 is 42.3. The van der Waals surface area contributed by atoms with Gasteiger partial charge in [0.1, 0.15) is 0 Å².